The minimum Gasteiger partial charge on any atom is -0.461 e. The lowest BCUT2D eigenvalue weighted by atomic mass is 9.88. The van der Waals surface area contributed by atoms with Crippen LogP contribution in [0.2, 0.25) is 0 Å². The fourth-order valence-corrected chi connectivity index (χ4v) is 3.38. The molecule has 1 aromatic carbocycles. The first-order chi connectivity index (χ1) is 11.6. The number of halogens is 1. The lowest BCUT2D eigenvalue weighted by molar-refractivity contribution is -0.155. The Morgan fingerprint density at radius 2 is 1.96 bits per heavy atom. The van der Waals surface area contributed by atoms with Gasteiger partial charge >= 0.3 is 5.97 Å². The van der Waals surface area contributed by atoms with Crippen LogP contribution in [0.1, 0.15) is 57.9 Å². The number of ether oxygens (including phenoxy) is 2. The molecule has 1 aliphatic heterocycles. The van der Waals surface area contributed by atoms with Gasteiger partial charge in [0.05, 0.1) is 12.7 Å². The minimum absolute atomic E-state index is 0. The molecule has 0 bridgehead atoms. The van der Waals surface area contributed by atoms with Crippen LogP contribution in [0.4, 0.5) is 0 Å². The number of esters is 1. The molecule has 5 heteroatoms. The second kappa shape index (κ2) is 11.5. The summed E-state index contributed by atoms with van der Waals surface area (Å²) in [4.78, 5) is 12.0. The molecule has 25 heavy (non-hydrogen) atoms. The molecule has 1 aliphatic rings. The zero-order valence-electron chi connectivity index (χ0n) is 15.4. The third-order valence-electron chi connectivity index (χ3n) is 4.89. The van der Waals surface area contributed by atoms with E-state index < -0.39 is 6.04 Å². The topological polar surface area (TPSA) is 61.5 Å². The molecule has 4 atom stereocenters. The summed E-state index contributed by atoms with van der Waals surface area (Å²) in [6.45, 7) is 4.76. The molecule has 4 nitrogen and oxygen atoms in total. The van der Waals surface area contributed by atoms with Crippen LogP contribution in [0.3, 0.4) is 0 Å². The normalized spacial score (nSPS) is 27.4. The van der Waals surface area contributed by atoms with Gasteiger partial charge in [0, 0.05) is 5.92 Å². The average Bonchev–Trinajstić information content (AvgIpc) is 2.63. The molecule has 0 amide bonds. The van der Waals surface area contributed by atoms with E-state index in [1.54, 1.807) is 0 Å². The SMILES string of the molecule is CCCC[C@H]1[C@H](C)OC(=O)[C@@H](N)CCC[C@@H]1OCc1ccccc1.Cl. The van der Waals surface area contributed by atoms with Crippen LogP contribution in [0.25, 0.3) is 0 Å². The van der Waals surface area contributed by atoms with Gasteiger partial charge in [0.25, 0.3) is 0 Å². The van der Waals surface area contributed by atoms with Crippen molar-refractivity contribution in [3.05, 3.63) is 35.9 Å². The van der Waals surface area contributed by atoms with Gasteiger partial charge in [-0.1, -0.05) is 50.1 Å². The van der Waals surface area contributed by atoms with E-state index in [4.69, 9.17) is 15.2 Å². The molecule has 0 radical (unpaired) electrons. The molecule has 0 aromatic heterocycles. The molecule has 1 heterocycles. The van der Waals surface area contributed by atoms with Gasteiger partial charge in [-0.25, -0.2) is 0 Å². The average molecular weight is 370 g/mol. The number of hydrogen-bond acceptors (Lipinski definition) is 4. The summed E-state index contributed by atoms with van der Waals surface area (Å²) < 4.78 is 11.9. The highest BCUT2D eigenvalue weighted by Crippen LogP contribution is 2.28. The smallest absolute Gasteiger partial charge is 0.323 e. The van der Waals surface area contributed by atoms with Gasteiger partial charge in [-0.2, -0.15) is 0 Å². The summed E-state index contributed by atoms with van der Waals surface area (Å²) in [5.41, 5.74) is 7.09. The number of carbonyl (C=O) groups excluding carboxylic acids is 1. The first-order valence-electron chi connectivity index (χ1n) is 9.23. The fourth-order valence-electron chi connectivity index (χ4n) is 3.38. The zero-order chi connectivity index (χ0) is 17.4. The molecule has 0 spiro atoms. The van der Waals surface area contributed by atoms with Crippen molar-refractivity contribution in [3.8, 4) is 0 Å². The summed E-state index contributed by atoms with van der Waals surface area (Å²) in [5, 5.41) is 0. The third kappa shape index (κ3) is 6.96. The van der Waals surface area contributed by atoms with E-state index in [2.05, 4.69) is 19.1 Å². The number of unbranched alkanes of at least 4 members (excludes halogenated alkanes) is 1. The Balaban J connectivity index is 0.00000312. The maximum Gasteiger partial charge on any atom is 0.323 e. The van der Waals surface area contributed by atoms with Crippen molar-refractivity contribution in [3.63, 3.8) is 0 Å². The standard InChI is InChI=1S/C20H31NO3.ClH/c1-3-4-11-17-15(2)24-20(22)18(21)12-8-13-19(17)23-14-16-9-6-5-7-10-16;/h5-7,9-10,15,17-19H,3-4,8,11-14,21H2,1-2H3;1H/t15-,17-,18-,19-;/m0./s1. The number of rotatable bonds is 6. The van der Waals surface area contributed by atoms with Gasteiger partial charge in [-0.3, -0.25) is 4.79 Å². The Hall–Kier alpha value is -1.10. The molecule has 1 fully saturated rings. The van der Waals surface area contributed by atoms with Crippen LogP contribution in [0.15, 0.2) is 30.3 Å². The van der Waals surface area contributed by atoms with Crippen LogP contribution < -0.4 is 5.73 Å². The Morgan fingerprint density at radius 1 is 1.24 bits per heavy atom. The van der Waals surface area contributed by atoms with Gasteiger partial charge in [-0.15, -0.1) is 12.4 Å². The molecule has 0 saturated carbocycles. The van der Waals surface area contributed by atoms with E-state index in [1.165, 1.54) is 5.56 Å². The summed E-state index contributed by atoms with van der Waals surface area (Å²) in [6.07, 6.45) is 5.68. The molecule has 1 saturated heterocycles. The van der Waals surface area contributed by atoms with E-state index in [1.807, 2.05) is 25.1 Å². The second-order valence-corrected chi connectivity index (χ2v) is 6.82. The van der Waals surface area contributed by atoms with Gasteiger partial charge < -0.3 is 15.2 Å². The molecule has 0 aliphatic carbocycles. The van der Waals surface area contributed by atoms with E-state index in [0.717, 1.165) is 32.1 Å². The second-order valence-electron chi connectivity index (χ2n) is 6.82. The Labute approximate surface area is 157 Å². The summed E-state index contributed by atoms with van der Waals surface area (Å²) in [5.74, 6) is -0.0457. The van der Waals surface area contributed by atoms with Gasteiger partial charge in [0.2, 0.25) is 0 Å². The van der Waals surface area contributed by atoms with Crippen molar-refractivity contribution in [1.29, 1.82) is 0 Å². The first kappa shape index (κ1) is 21.9. The zero-order valence-corrected chi connectivity index (χ0v) is 16.2. The van der Waals surface area contributed by atoms with E-state index in [0.29, 0.717) is 13.0 Å². The minimum atomic E-state index is -0.507. The maximum absolute atomic E-state index is 12.0. The van der Waals surface area contributed by atoms with Gasteiger partial charge in [0.15, 0.2) is 0 Å². The van der Waals surface area contributed by atoms with Crippen molar-refractivity contribution in [2.45, 2.75) is 77.2 Å². The van der Waals surface area contributed by atoms with E-state index in [9.17, 15) is 4.79 Å². The van der Waals surface area contributed by atoms with Gasteiger partial charge in [-0.05, 0) is 38.2 Å². The Kier molecular flexibility index (Phi) is 10.1. The van der Waals surface area contributed by atoms with Crippen LogP contribution in [-0.4, -0.2) is 24.2 Å². The largest absolute Gasteiger partial charge is 0.461 e. The van der Waals surface area contributed by atoms with E-state index in [-0.39, 0.29) is 36.5 Å². The lowest BCUT2D eigenvalue weighted by Gasteiger charge is -2.31. The fraction of sp³-hybridized carbons (Fsp3) is 0.650. The molecule has 1 aromatic rings. The highest BCUT2D eigenvalue weighted by atomic mass is 35.5. The molecule has 0 unspecified atom stereocenters. The Bertz CT molecular complexity index is 497. The number of benzene rings is 1. The highest BCUT2D eigenvalue weighted by Gasteiger charge is 2.32. The summed E-state index contributed by atoms with van der Waals surface area (Å²) in [6, 6.07) is 9.72. The van der Waals surface area contributed by atoms with Crippen molar-refractivity contribution in [1.82, 2.24) is 0 Å². The summed E-state index contributed by atoms with van der Waals surface area (Å²) >= 11 is 0. The monoisotopic (exact) mass is 369 g/mol. The lowest BCUT2D eigenvalue weighted by Crippen LogP contribution is -2.38. The molecular formula is C20H32ClNO3. The number of cyclic esters (lactones) is 1. The van der Waals surface area contributed by atoms with Crippen molar-refractivity contribution >= 4 is 18.4 Å². The molecular weight excluding hydrogens is 338 g/mol. The van der Waals surface area contributed by atoms with E-state index >= 15 is 0 Å². The van der Waals surface area contributed by atoms with Gasteiger partial charge in [0.1, 0.15) is 12.1 Å². The van der Waals surface area contributed by atoms with Crippen LogP contribution in [0.5, 0.6) is 0 Å². The third-order valence-corrected chi connectivity index (χ3v) is 4.89. The quantitative estimate of drug-likeness (QED) is 0.761. The predicted molar refractivity (Wildman–Crippen MR) is 103 cm³/mol. The van der Waals surface area contributed by atoms with Crippen LogP contribution in [-0.2, 0) is 20.9 Å². The predicted octanol–water partition coefficient (Wildman–Crippen LogP) is 4.24. The highest BCUT2D eigenvalue weighted by molar-refractivity contribution is 5.85. The van der Waals surface area contributed by atoms with Crippen molar-refractivity contribution in [2.75, 3.05) is 0 Å². The molecule has 2 N–H and O–H groups in total. The number of nitrogens with two attached hydrogens (primary N) is 1. The number of hydrogen-bond donors (Lipinski definition) is 1. The van der Waals surface area contributed by atoms with Crippen molar-refractivity contribution in [2.24, 2.45) is 11.7 Å². The van der Waals surface area contributed by atoms with Crippen molar-refractivity contribution < 1.29 is 14.3 Å². The maximum atomic E-state index is 12.0. The Morgan fingerprint density at radius 3 is 2.64 bits per heavy atom. The first-order valence-corrected chi connectivity index (χ1v) is 9.23. The molecule has 142 valence electrons. The molecule has 2 rings (SSSR count). The summed E-state index contributed by atoms with van der Waals surface area (Å²) in [7, 11) is 0. The number of carbonyl (C=O) groups is 1. The van der Waals surface area contributed by atoms with Crippen LogP contribution in [0, 0.1) is 5.92 Å². The van der Waals surface area contributed by atoms with Crippen LogP contribution >= 0.6 is 12.4 Å².